The fourth-order valence-corrected chi connectivity index (χ4v) is 13.4. The number of rotatable bonds is 0. The molecule has 4 N–H and O–H groups in total. The number of nitrogens with two attached hydrogens (primary N) is 1. The lowest BCUT2D eigenvalue weighted by atomic mass is 9.94. The van der Waals surface area contributed by atoms with Gasteiger partial charge in [-0.15, -0.1) is 0 Å². The van der Waals surface area contributed by atoms with E-state index in [1.807, 2.05) is 24.3 Å². The normalized spacial score (nSPS) is 23.9. The van der Waals surface area contributed by atoms with Gasteiger partial charge >= 0.3 is 0 Å². The van der Waals surface area contributed by atoms with Crippen molar-refractivity contribution in [1.29, 1.82) is 5.26 Å². The molecule has 2 fully saturated rings. The van der Waals surface area contributed by atoms with Crippen LogP contribution in [0.15, 0.2) is 97.1 Å². The average Bonchev–Trinajstić information content (AvgIpc) is 4.17. The highest BCUT2D eigenvalue weighted by atomic mass is 16.2. The topological polar surface area (TPSA) is 145 Å². The monoisotopic (exact) mass is 808 g/mol. The molecule has 6 aliphatic rings. The number of amides is 2. The number of carbonyl (C=O) groups excluding carboxylic acids is 3. The van der Waals surface area contributed by atoms with Gasteiger partial charge in [-0.2, -0.15) is 5.26 Å². The van der Waals surface area contributed by atoms with Gasteiger partial charge in [0.25, 0.3) is 11.8 Å². The average molecular weight is 809 g/mol. The Hall–Kier alpha value is -7.42. The zero-order valence-electron chi connectivity index (χ0n) is 33.3. The van der Waals surface area contributed by atoms with Crippen molar-refractivity contribution < 1.29 is 14.4 Å². The van der Waals surface area contributed by atoms with Gasteiger partial charge in [-0.1, -0.05) is 72.8 Å². The first-order valence-electron chi connectivity index (χ1n) is 21.7. The smallest absolute Gasteiger partial charge is 0.252 e. The molecule has 0 unspecified atom stereocenters. The number of nitrogens with zero attached hydrogens (tertiary/aromatic N) is 5. The first-order valence-corrected chi connectivity index (χ1v) is 21.7. The van der Waals surface area contributed by atoms with Crippen LogP contribution in [0.5, 0.6) is 0 Å². The number of aromatic nitrogens is 4. The number of Topliss-reactive ketones (excluding diaryl/α,β-unsaturated/α-hetero) is 1. The van der Waals surface area contributed by atoms with Crippen molar-refractivity contribution in [3.63, 3.8) is 0 Å². The number of ketones is 1. The van der Waals surface area contributed by atoms with E-state index in [4.69, 9.17) is 5.73 Å². The Bertz CT molecular complexity index is 3910. The Morgan fingerprint density at radius 1 is 0.565 bits per heavy atom. The van der Waals surface area contributed by atoms with Crippen LogP contribution in [-0.4, -0.2) is 41.4 Å². The zero-order valence-corrected chi connectivity index (χ0v) is 33.3. The van der Waals surface area contributed by atoms with E-state index in [0.717, 1.165) is 89.6 Å². The summed E-state index contributed by atoms with van der Waals surface area (Å²) >= 11 is 0. The molecule has 16 rings (SSSR count). The van der Waals surface area contributed by atoms with Gasteiger partial charge in [0, 0.05) is 103 Å². The van der Waals surface area contributed by atoms with Crippen molar-refractivity contribution in [3.8, 4) is 6.07 Å². The lowest BCUT2D eigenvalue weighted by molar-refractivity contribution is -0.120. The summed E-state index contributed by atoms with van der Waals surface area (Å²) < 4.78 is 9.39. The Kier molecular flexibility index (Phi) is 5.86. The summed E-state index contributed by atoms with van der Waals surface area (Å²) in [6, 6.07) is 35.8. The Morgan fingerprint density at radius 2 is 1.00 bits per heavy atom. The van der Waals surface area contributed by atoms with Gasteiger partial charge < -0.3 is 34.6 Å². The SMILES string of the molecule is N#C[C@]1(N)C[C@@H]2C[C@H]1n1c3ccccc3c3c4c(c5c6ccccc6n2c5c31)CNC4=O.O=C1NCc2c1c1c3ccccc3n3c1c1c2c2ccccc2n1[C@@H]1CC(=O)[C@H]3C1. The molecular formula is C51H36N8O3. The number of hydrogen-bond donors (Lipinski definition) is 3. The molecule has 62 heavy (non-hydrogen) atoms. The molecule has 11 nitrogen and oxygen atoms in total. The van der Waals surface area contributed by atoms with Crippen LogP contribution in [0.1, 0.15) is 81.7 Å². The second-order valence-corrected chi connectivity index (χ2v) is 18.4. The van der Waals surface area contributed by atoms with E-state index in [2.05, 4.69) is 108 Å². The highest BCUT2D eigenvalue weighted by Crippen LogP contribution is 2.56. The van der Waals surface area contributed by atoms with Crippen molar-refractivity contribution in [2.75, 3.05) is 0 Å². The Balaban J connectivity index is 0.000000117. The molecular weight excluding hydrogens is 773 g/mol. The molecule has 6 aromatic carbocycles. The van der Waals surface area contributed by atoms with E-state index < -0.39 is 5.54 Å². The summed E-state index contributed by atoms with van der Waals surface area (Å²) in [6.45, 7) is 1.10. The number of nitrogens with one attached hydrogen (secondary N) is 2. The van der Waals surface area contributed by atoms with Crippen molar-refractivity contribution in [3.05, 3.63) is 119 Å². The van der Waals surface area contributed by atoms with Crippen molar-refractivity contribution in [2.45, 2.75) is 68.5 Å². The van der Waals surface area contributed by atoms with Crippen LogP contribution >= 0.6 is 0 Å². The number of hydrogen-bond acceptors (Lipinski definition) is 5. The molecule has 0 radical (unpaired) electrons. The number of nitriles is 1. The van der Waals surface area contributed by atoms with Crippen molar-refractivity contribution >= 4 is 105 Å². The second kappa shape index (κ2) is 10.9. The third-order valence-electron chi connectivity index (χ3n) is 15.6. The number of fused-ring (bicyclic) bond motifs is 26. The molecule has 4 aromatic heterocycles. The molecule has 4 bridgehead atoms. The molecule has 0 spiro atoms. The van der Waals surface area contributed by atoms with Crippen LogP contribution < -0.4 is 16.4 Å². The maximum atomic E-state index is 13.2. The maximum Gasteiger partial charge on any atom is 0.252 e. The molecule has 0 saturated heterocycles. The van der Waals surface area contributed by atoms with Gasteiger partial charge in [0.15, 0.2) is 5.78 Å². The Morgan fingerprint density at radius 3 is 1.53 bits per heavy atom. The molecule has 2 aliphatic carbocycles. The molecule has 2 saturated carbocycles. The van der Waals surface area contributed by atoms with Crippen LogP contribution in [0.25, 0.3) is 87.2 Å². The summed E-state index contributed by atoms with van der Waals surface area (Å²) in [5.41, 5.74) is 18.5. The predicted octanol–water partition coefficient (Wildman–Crippen LogP) is 8.86. The molecule has 11 heteroatoms. The van der Waals surface area contributed by atoms with Gasteiger partial charge in [-0.05, 0) is 48.2 Å². The van der Waals surface area contributed by atoms with Crippen LogP contribution in [0.2, 0.25) is 0 Å². The third-order valence-corrected chi connectivity index (χ3v) is 15.6. The van der Waals surface area contributed by atoms with Crippen LogP contribution in [-0.2, 0) is 17.9 Å². The van der Waals surface area contributed by atoms with Crippen LogP contribution in [0.4, 0.5) is 0 Å². The standard InChI is InChI=1S/C26H19N5O.C25H17N3O2/c27-12-26(28)10-13-9-19(26)31-18-8-4-2-6-15(18)21-22-16(11-29-25(22)32)20-14-5-1-3-7-17(14)30(13)23(20)24(21)31;29-19-10-12-9-18(19)28-17-8-4-2-6-14(17)21-22-15(11-26-25(22)30)20-13-5-1-3-7-16(13)27(12)23(20)24(21)28/h1-8,13,19H,9-11,28H2,(H,29,32);1-8,12,18H,9-11H2,(H,26,30)/t13-,19+,26+;12-,18+/m00/s1. The summed E-state index contributed by atoms with van der Waals surface area (Å²) in [6.07, 6.45) is 2.80. The van der Waals surface area contributed by atoms with Crippen molar-refractivity contribution in [2.24, 2.45) is 5.73 Å². The third kappa shape index (κ3) is 3.62. The van der Waals surface area contributed by atoms with E-state index in [1.54, 1.807) is 0 Å². The fourth-order valence-electron chi connectivity index (χ4n) is 13.4. The lowest BCUT2D eigenvalue weighted by Crippen LogP contribution is -2.43. The molecule has 298 valence electrons. The van der Waals surface area contributed by atoms with Gasteiger partial charge in [-0.25, -0.2) is 0 Å². The van der Waals surface area contributed by atoms with Gasteiger partial charge in [-0.3, -0.25) is 14.4 Å². The highest BCUT2D eigenvalue weighted by molar-refractivity contribution is 6.33. The zero-order chi connectivity index (χ0) is 41.1. The first kappa shape index (κ1) is 33.3. The van der Waals surface area contributed by atoms with E-state index in [0.29, 0.717) is 31.7 Å². The number of benzene rings is 6. The van der Waals surface area contributed by atoms with Crippen LogP contribution in [0, 0.1) is 11.3 Å². The largest absolute Gasteiger partial charge is 0.348 e. The maximum absolute atomic E-state index is 13.2. The minimum atomic E-state index is -0.962. The minimum absolute atomic E-state index is 0.00707. The summed E-state index contributed by atoms with van der Waals surface area (Å²) in [4.78, 5) is 39.4. The minimum Gasteiger partial charge on any atom is -0.348 e. The summed E-state index contributed by atoms with van der Waals surface area (Å²) in [7, 11) is 0. The molecule has 5 atom stereocenters. The molecule has 10 aromatic rings. The Labute approximate surface area is 351 Å². The highest BCUT2D eigenvalue weighted by Gasteiger charge is 2.51. The van der Waals surface area contributed by atoms with Crippen molar-refractivity contribution in [1.82, 2.24) is 28.9 Å². The molecule has 2 amide bonds. The molecule has 8 heterocycles. The van der Waals surface area contributed by atoms with E-state index in [1.165, 1.54) is 32.7 Å². The lowest BCUT2D eigenvalue weighted by Gasteiger charge is -2.28. The van der Waals surface area contributed by atoms with Gasteiger partial charge in [0.05, 0.1) is 51.3 Å². The van der Waals surface area contributed by atoms with Gasteiger partial charge in [0.2, 0.25) is 0 Å². The predicted molar refractivity (Wildman–Crippen MR) is 239 cm³/mol. The van der Waals surface area contributed by atoms with E-state index in [9.17, 15) is 19.6 Å². The first-order chi connectivity index (χ1) is 30.4. The summed E-state index contributed by atoms with van der Waals surface area (Å²) in [5, 5.41) is 25.1. The number of carbonyl (C=O) groups is 3. The number of para-hydroxylation sites is 4. The molecule has 4 aliphatic heterocycles. The fraction of sp³-hybridized carbons (Fsp3) is 0.216. The van der Waals surface area contributed by atoms with E-state index in [-0.39, 0.29) is 36.0 Å². The summed E-state index contributed by atoms with van der Waals surface area (Å²) in [5.74, 6) is 0.270. The van der Waals surface area contributed by atoms with E-state index >= 15 is 0 Å². The van der Waals surface area contributed by atoms with Gasteiger partial charge in [0.1, 0.15) is 5.54 Å². The second-order valence-electron chi connectivity index (χ2n) is 18.4. The quantitative estimate of drug-likeness (QED) is 0.140. The van der Waals surface area contributed by atoms with Crippen LogP contribution in [0.3, 0.4) is 0 Å².